The number of nitrogens with zero attached hydrogens (tertiary/aromatic N) is 2. The summed E-state index contributed by atoms with van der Waals surface area (Å²) in [5, 5.41) is 2.26. The highest BCUT2D eigenvalue weighted by Gasteiger charge is 2.51. The van der Waals surface area contributed by atoms with E-state index in [-0.39, 0.29) is 0 Å². The van der Waals surface area contributed by atoms with Crippen LogP contribution >= 0.6 is 0 Å². The Morgan fingerprint density at radius 3 is 1.60 bits per heavy atom. The molecule has 70 heavy (non-hydrogen) atoms. The van der Waals surface area contributed by atoms with Crippen molar-refractivity contribution in [3.8, 4) is 44.5 Å². The predicted molar refractivity (Wildman–Crippen MR) is 290 cm³/mol. The number of fused-ring (bicyclic) bond motifs is 12. The lowest BCUT2D eigenvalue weighted by molar-refractivity contribution is 0.669. The molecule has 11 aromatic carbocycles. The van der Waals surface area contributed by atoms with E-state index in [2.05, 4.69) is 271 Å². The maximum absolute atomic E-state index is 6.35. The normalized spacial score (nSPS) is 12.9. The number of benzene rings is 11. The Balaban J connectivity index is 0.990. The third-order valence-corrected chi connectivity index (χ3v) is 14.7. The summed E-state index contributed by atoms with van der Waals surface area (Å²) in [4.78, 5) is 4.91. The highest BCUT2D eigenvalue weighted by atomic mass is 16.3. The largest absolute Gasteiger partial charge is 0.456 e. The van der Waals surface area contributed by atoms with Crippen LogP contribution in [-0.4, -0.2) is 0 Å². The molecule has 0 radical (unpaired) electrons. The molecule has 3 nitrogen and oxygen atoms in total. The molecule has 0 fully saturated rings. The standard InChI is InChI=1S/C67H44N2O/c1-3-18-45(19-4-1)46-34-36-47(37-35-46)52-22-8-13-29-61(52)68(50-40-38-48(39-41-50)53-25-17-33-65-66(53)56-24-9-16-32-64(56)70-65)51-42-43-55-54-23-7-10-26-57(54)67(60(55)44-51)58-27-11-14-30-62(58)69(49-20-5-2-6-21-49)63-31-15-12-28-59(63)67/h1-44H. The first-order chi connectivity index (χ1) is 34.7. The Kier molecular flexibility index (Phi) is 9.11. The Labute approximate surface area is 407 Å². The zero-order chi connectivity index (χ0) is 46.2. The molecule has 328 valence electrons. The molecule has 0 bridgehead atoms. The first kappa shape index (κ1) is 39.9. The number of anilines is 6. The maximum atomic E-state index is 6.35. The monoisotopic (exact) mass is 892 g/mol. The van der Waals surface area contributed by atoms with Crippen LogP contribution in [0.2, 0.25) is 0 Å². The fourth-order valence-corrected chi connectivity index (χ4v) is 11.7. The number of para-hydroxylation sites is 5. The molecule has 2 heterocycles. The lowest BCUT2D eigenvalue weighted by atomic mass is 9.64. The summed E-state index contributed by atoms with van der Waals surface area (Å²) in [6, 6.07) is 97.4. The molecular formula is C67H44N2O. The van der Waals surface area contributed by atoms with Gasteiger partial charge in [-0.3, -0.25) is 0 Å². The van der Waals surface area contributed by atoms with E-state index in [1.165, 1.54) is 55.9 Å². The minimum absolute atomic E-state index is 0.602. The van der Waals surface area contributed by atoms with Crippen LogP contribution in [0.4, 0.5) is 34.1 Å². The van der Waals surface area contributed by atoms with Crippen molar-refractivity contribution in [2.45, 2.75) is 5.41 Å². The van der Waals surface area contributed by atoms with Gasteiger partial charge < -0.3 is 14.2 Å². The third kappa shape index (κ3) is 6.01. The molecule has 3 heteroatoms. The van der Waals surface area contributed by atoms with Crippen molar-refractivity contribution >= 4 is 56.1 Å². The third-order valence-electron chi connectivity index (χ3n) is 14.7. The molecule has 0 atom stereocenters. The van der Waals surface area contributed by atoms with Gasteiger partial charge in [-0.15, -0.1) is 0 Å². The van der Waals surface area contributed by atoms with Crippen molar-refractivity contribution < 1.29 is 4.42 Å². The summed E-state index contributed by atoms with van der Waals surface area (Å²) in [5.41, 5.74) is 22.5. The molecule has 0 saturated heterocycles. The summed E-state index contributed by atoms with van der Waals surface area (Å²) >= 11 is 0. The van der Waals surface area contributed by atoms with Gasteiger partial charge in [0.05, 0.1) is 22.5 Å². The van der Waals surface area contributed by atoms with Crippen molar-refractivity contribution in [1.82, 2.24) is 0 Å². The van der Waals surface area contributed by atoms with Crippen molar-refractivity contribution in [2.75, 3.05) is 9.80 Å². The van der Waals surface area contributed by atoms with E-state index in [9.17, 15) is 0 Å². The van der Waals surface area contributed by atoms with Gasteiger partial charge in [0, 0.05) is 33.4 Å². The number of hydrogen-bond acceptors (Lipinski definition) is 3. The minimum Gasteiger partial charge on any atom is -0.456 e. The van der Waals surface area contributed by atoms with Gasteiger partial charge in [-0.2, -0.15) is 0 Å². The van der Waals surface area contributed by atoms with E-state index in [0.29, 0.717) is 0 Å². The number of hydrogen-bond donors (Lipinski definition) is 0. The first-order valence-corrected chi connectivity index (χ1v) is 24.1. The first-order valence-electron chi connectivity index (χ1n) is 24.1. The lowest BCUT2D eigenvalue weighted by Crippen LogP contribution is -2.36. The highest BCUT2D eigenvalue weighted by Crippen LogP contribution is 2.64. The summed E-state index contributed by atoms with van der Waals surface area (Å²) < 4.78 is 6.35. The van der Waals surface area contributed by atoms with Crippen LogP contribution in [0.15, 0.2) is 271 Å². The summed E-state index contributed by atoms with van der Waals surface area (Å²) in [5.74, 6) is 0. The van der Waals surface area contributed by atoms with Crippen molar-refractivity contribution in [3.63, 3.8) is 0 Å². The van der Waals surface area contributed by atoms with Crippen LogP contribution in [0, 0.1) is 0 Å². The SMILES string of the molecule is c1ccc(-c2ccc(-c3ccccc3N(c3ccc(-c4cccc5oc6ccccc6c45)cc3)c3ccc4c(c3)C3(c5ccccc5-4)c4ccccc4N(c4ccccc4)c4ccccc43)cc2)cc1. The summed E-state index contributed by atoms with van der Waals surface area (Å²) in [7, 11) is 0. The van der Waals surface area contributed by atoms with Gasteiger partial charge >= 0.3 is 0 Å². The molecular weight excluding hydrogens is 849 g/mol. The molecule has 1 aliphatic heterocycles. The van der Waals surface area contributed by atoms with Gasteiger partial charge in [0.1, 0.15) is 11.2 Å². The molecule has 14 rings (SSSR count). The Hall–Kier alpha value is -9.18. The van der Waals surface area contributed by atoms with E-state index >= 15 is 0 Å². The average molecular weight is 893 g/mol. The van der Waals surface area contributed by atoms with E-state index in [4.69, 9.17) is 4.42 Å². The van der Waals surface area contributed by atoms with Crippen molar-refractivity contribution in [1.29, 1.82) is 0 Å². The average Bonchev–Trinajstić information content (AvgIpc) is 3.96. The summed E-state index contributed by atoms with van der Waals surface area (Å²) in [6.45, 7) is 0. The Morgan fingerprint density at radius 1 is 0.329 bits per heavy atom. The molecule has 1 aliphatic carbocycles. The van der Waals surface area contributed by atoms with Gasteiger partial charge in [0.2, 0.25) is 0 Å². The fraction of sp³-hybridized carbons (Fsp3) is 0.0149. The van der Waals surface area contributed by atoms with Crippen molar-refractivity contribution in [2.24, 2.45) is 0 Å². The smallest absolute Gasteiger partial charge is 0.136 e. The van der Waals surface area contributed by atoms with E-state index in [1.807, 2.05) is 6.07 Å². The van der Waals surface area contributed by atoms with Gasteiger partial charge in [0.15, 0.2) is 0 Å². The molecule has 0 N–H and O–H groups in total. The molecule has 0 amide bonds. The molecule has 2 aliphatic rings. The van der Waals surface area contributed by atoms with Crippen LogP contribution in [0.3, 0.4) is 0 Å². The van der Waals surface area contributed by atoms with Gasteiger partial charge in [-0.05, 0) is 128 Å². The zero-order valence-electron chi connectivity index (χ0n) is 38.2. The van der Waals surface area contributed by atoms with Gasteiger partial charge in [-0.25, -0.2) is 0 Å². The minimum atomic E-state index is -0.602. The number of rotatable bonds is 7. The lowest BCUT2D eigenvalue weighted by Gasteiger charge is -2.45. The Morgan fingerprint density at radius 2 is 0.843 bits per heavy atom. The molecule has 12 aromatic rings. The van der Waals surface area contributed by atoms with Gasteiger partial charge in [0.25, 0.3) is 0 Å². The molecule has 0 unspecified atom stereocenters. The van der Waals surface area contributed by atoms with Crippen LogP contribution in [0.1, 0.15) is 22.3 Å². The zero-order valence-corrected chi connectivity index (χ0v) is 38.2. The van der Waals surface area contributed by atoms with E-state index < -0.39 is 5.41 Å². The van der Waals surface area contributed by atoms with Crippen molar-refractivity contribution in [3.05, 3.63) is 289 Å². The summed E-state index contributed by atoms with van der Waals surface area (Å²) in [6.07, 6.45) is 0. The van der Waals surface area contributed by atoms with Crippen LogP contribution in [0.25, 0.3) is 66.4 Å². The predicted octanol–water partition coefficient (Wildman–Crippen LogP) is 18.2. The molecule has 0 saturated carbocycles. The van der Waals surface area contributed by atoms with E-state index in [1.54, 1.807) is 0 Å². The fourth-order valence-electron chi connectivity index (χ4n) is 11.7. The van der Waals surface area contributed by atoms with Crippen LogP contribution < -0.4 is 9.80 Å². The highest BCUT2D eigenvalue weighted by molar-refractivity contribution is 6.12. The quantitative estimate of drug-likeness (QED) is 0.159. The van der Waals surface area contributed by atoms with Crippen LogP contribution in [0.5, 0.6) is 0 Å². The number of furan rings is 1. The second kappa shape index (κ2) is 16.0. The second-order valence-corrected chi connectivity index (χ2v) is 18.4. The maximum Gasteiger partial charge on any atom is 0.136 e. The van der Waals surface area contributed by atoms with Crippen LogP contribution in [-0.2, 0) is 5.41 Å². The topological polar surface area (TPSA) is 19.6 Å². The second-order valence-electron chi connectivity index (χ2n) is 18.4. The molecule has 1 aromatic heterocycles. The Bertz CT molecular complexity index is 3900. The molecule has 1 spiro atoms. The van der Waals surface area contributed by atoms with E-state index in [0.717, 1.165) is 66.9 Å². The van der Waals surface area contributed by atoms with Gasteiger partial charge in [-0.1, -0.05) is 200 Å².